The molecule has 0 bridgehead atoms. The molecule has 0 radical (unpaired) electrons. The van der Waals surface area contributed by atoms with E-state index < -0.39 is 27.0 Å². The van der Waals surface area contributed by atoms with Crippen molar-refractivity contribution in [3.63, 3.8) is 0 Å². The fourth-order valence-electron chi connectivity index (χ4n) is 3.05. The van der Waals surface area contributed by atoms with E-state index in [1.54, 1.807) is 26.8 Å². The van der Waals surface area contributed by atoms with Gasteiger partial charge < -0.3 is 10.1 Å². The zero-order valence-electron chi connectivity index (χ0n) is 16.2. The molecular weight excluding hydrogens is 381 g/mol. The van der Waals surface area contributed by atoms with E-state index in [-0.39, 0.29) is 21.5 Å². The third kappa shape index (κ3) is 4.25. The molecule has 1 N–H and O–H groups in total. The summed E-state index contributed by atoms with van der Waals surface area (Å²) in [7, 11) is -3.94. The van der Waals surface area contributed by atoms with Crippen molar-refractivity contribution in [3.8, 4) is 5.75 Å². The van der Waals surface area contributed by atoms with Gasteiger partial charge in [0.1, 0.15) is 11.6 Å². The lowest BCUT2D eigenvalue weighted by Gasteiger charge is -2.20. The molecule has 1 saturated heterocycles. The first kappa shape index (κ1) is 20.5. The molecule has 2 aromatic carbocycles. The zero-order chi connectivity index (χ0) is 20.5. The lowest BCUT2D eigenvalue weighted by Crippen LogP contribution is -2.26. The number of esters is 1. The van der Waals surface area contributed by atoms with E-state index in [0.717, 1.165) is 31.1 Å². The van der Waals surface area contributed by atoms with Crippen LogP contribution in [-0.4, -0.2) is 27.5 Å². The fraction of sp³-hybridized carbons (Fsp3) is 0.381. The van der Waals surface area contributed by atoms with Gasteiger partial charge in [-0.05, 0) is 63.6 Å². The third-order valence-electron chi connectivity index (χ3n) is 4.72. The van der Waals surface area contributed by atoms with Gasteiger partial charge in [-0.1, -0.05) is 12.1 Å². The molecule has 0 amide bonds. The molecule has 1 aliphatic rings. The molecule has 0 spiro atoms. The SMILES string of the molecule is CC(C)(C)C(=O)Oc1cc(S(=O)(=O)c2cccc(F)c2)ccc1[C@@H]1CCNC1. The Hall–Kier alpha value is -2.25. The Morgan fingerprint density at radius 3 is 2.46 bits per heavy atom. The van der Waals surface area contributed by atoms with Gasteiger partial charge in [-0.15, -0.1) is 0 Å². The molecule has 0 saturated carbocycles. The van der Waals surface area contributed by atoms with Gasteiger partial charge >= 0.3 is 5.97 Å². The van der Waals surface area contributed by atoms with Gasteiger partial charge in [-0.2, -0.15) is 0 Å². The van der Waals surface area contributed by atoms with Crippen LogP contribution in [0.25, 0.3) is 0 Å². The van der Waals surface area contributed by atoms with Gasteiger partial charge in [0.15, 0.2) is 0 Å². The summed E-state index contributed by atoms with van der Waals surface area (Å²) in [6.45, 7) is 6.79. The Kier molecular flexibility index (Phi) is 5.59. The number of ether oxygens (including phenoxy) is 1. The average molecular weight is 405 g/mol. The van der Waals surface area contributed by atoms with E-state index in [4.69, 9.17) is 4.74 Å². The Morgan fingerprint density at radius 2 is 1.86 bits per heavy atom. The van der Waals surface area contributed by atoms with Crippen molar-refractivity contribution < 1.29 is 22.3 Å². The molecule has 1 heterocycles. The number of nitrogens with one attached hydrogen (secondary N) is 1. The predicted octanol–water partition coefficient (Wildman–Crippen LogP) is 3.69. The second kappa shape index (κ2) is 7.64. The quantitative estimate of drug-likeness (QED) is 0.620. The normalized spacial score (nSPS) is 17.5. The van der Waals surface area contributed by atoms with Gasteiger partial charge in [0.05, 0.1) is 15.2 Å². The highest BCUT2D eigenvalue weighted by Gasteiger charge is 2.29. The standard InChI is InChI=1S/C21H24FNO4S/c1-21(2,3)20(24)27-19-12-17(7-8-18(19)14-9-10-23-13-14)28(25,26)16-6-4-5-15(22)11-16/h4-8,11-12,14,23H,9-10,13H2,1-3H3/t14-/m1/s1. The van der Waals surface area contributed by atoms with E-state index in [1.807, 2.05) is 0 Å². The van der Waals surface area contributed by atoms with Crippen molar-refractivity contribution in [1.29, 1.82) is 0 Å². The first-order valence-corrected chi connectivity index (χ1v) is 10.6. The van der Waals surface area contributed by atoms with Crippen LogP contribution in [0.1, 0.15) is 38.7 Å². The zero-order valence-corrected chi connectivity index (χ0v) is 17.0. The molecule has 1 atom stereocenters. The molecule has 1 aliphatic heterocycles. The first-order valence-electron chi connectivity index (χ1n) is 9.16. The number of carbonyl (C=O) groups is 1. The van der Waals surface area contributed by atoms with Crippen molar-refractivity contribution in [2.75, 3.05) is 13.1 Å². The minimum atomic E-state index is -3.94. The maximum absolute atomic E-state index is 13.5. The number of sulfone groups is 1. The molecular formula is C21H24FNO4S. The van der Waals surface area contributed by atoms with Crippen LogP contribution in [0.4, 0.5) is 4.39 Å². The number of halogens is 1. The largest absolute Gasteiger partial charge is 0.426 e. The molecule has 0 aliphatic carbocycles. The highest BCUT2D eigenvalue weighted by molar-refractivity contribution is 7.91. The molecule has 0 unspecified atom stereocenters. The third-order valence-corrected chi connectivity index (χ3v) is 6.47. The minimum absolute atomic E-state index is 0.0375. The maximum Gasteiger partial charge on any atom is 0.316 e. The van der Waals surface area contributed by atoms with Crippen molar-refractivity contribution in [3.05, 3.63) is 53.8 Å². The van der Waals surface area contributed by atoms with Crippen molar-refractivity contribution in [2.45, 2.75) is 42.9 Å². The number of benzene rings is 2. The summed E-state index contributed by atoms with van der Waals surface area (Å²) in [6, 6.07) is 9.40. The molecule has 150 valence electrons. The Balaban J connectivity index is 2.06. The van der Waals surface area contributed by atoms with Crippen LogP contribution in [-0.2, 0) is 14.6 Å². The minimum Gasteiger partial charge on any atom is -0.426 e. The van der Waals surface area contributed by atoms with Crippen molar-refractivity contribution >= 4 is 15.8 Å². The molecule has 1 fully saturated rings. The van der Waals surface area contributed by atoms with Gasteiger partial charge in [0, 0.05) is 18.5 Å². The van der Waals surface area contributed by atoms with Crippen molar-refractivity contribution in [2.24, 2.45) is 5.41 Å². The Labute approximate surface area is 164 Å². The van der Waals surface area contributed by atoms with E-state index in [0.29, 0.717) is 0 Å². The topological polar surface area (TPSA) is 72.5 Å². The highest BCUT2D eigenvalue weighted by atomic mass is 32.2. The average Bonchev–Trinajstić information content (AvgIpc) is 3.15. The molecule has 5 nitrogen and oxygen atoms in total. The van der Waals surface area contributed by atoms with Gasteiger partial charge in [-0.3, -0.25) is 4.79 Å². The molecule has 0 aromatic heterocycles. The van der Waals surface area contributed by atoms with Crippen LogP contribution in [0.15, 0.2) is 52.3 Å². The monoisotopic (exact) mass is 405 g/mol. The number of carbonyl (C=O) groups excluding carboxylic acids is 1. The lowest BCUT2D eigenvalue weighted by molar-refractivity contribution is -0.143. The van der Waals surface area contributed by atoms with Crippen LogP contribution in [0, 0.1) is 11.2 Å². The summed E-state index contributed by atoms with van der Waals surface area (Å²) >= 11 is 0. The van der Waals surface area contributed by atoms with E-state index >= 15 is 0 Å². The summed E-state index contributed by atoms with van der Waals surface area (Å²) < 4.78 is 45.0. The van der Waals surface area contributed by atoms with Crippen molar-refractivity contribution in [1.82, 2.24) is 5.32 Å². The molecule has 3 rings (SSSR count). The van der Waals surface area contributed by atoms with Crippen LogP contribution in [0.2, 0.25) is 0 Å². The summed E-state index contributed by atoms with van der Waals surface area (Å²) in [4.78, 5) is 12.3. The Bertz CT molecular complexity index is 990. The van der Waals surface area contributed by atoms with Crippen LogP contribution in [0.5, 0.6) is 5.75 Å². The van der Waals surface area contributed by atoms with Crippen LogP contribution < -0.4 is 10.1 Å². The Morgan fingerprint density at radius 1 is 1.14 bits per heavy atom. The van der Waals surface area contributed by atoms with E-state index in [1.165, 1.54) is 30.3 Å². The number of rotatable bonds is 4. The summed E-state index contributed by atoms with van der Waals surface area (Å²) in [5.74, 6) is -0.700. The fourth-order valence-corrected chi connectivity index (χ4v) is 4.36. The second-order valence-corrected chi connectivity index (χ2v) is 9.94. The second-order valence-electron chi connectivity index (χ2n) is 7.99. The highest BCUT2D eigenvalue weighted by Crippen LogP contribution is 2.35. The molecule has 2 aromatic rings. The predicted molar refractivity (Wildman–Crippen MR) is 104 cm³/mol. The van der Waals surface area contributed by atoms with E-state index in [2.05, 4.69) is 5.32 Å². The van der Waals surface area contributed by atoms with Crippen LogP contribution >= 0.6 is 0 Å². The van der Waals surface area contributed by atoms with Gasteiger partial charge in [0.2, 0.25) is 9.84 Å². The number of hydrogen-bond acceptors (Lipinski definition) is 5. The number of hydrogen-bond donors (Lipinski definition) is 1. The lowest BCUT2D eigenvalue weighted by atomic mass is 9.96. The summed E-state index contributed by atoms with van der Waals surface area (Å²) in [6.07, 6.45) is 0.871. The molecule has 7 heteroatoms. The summed E-state index contributed by atoms with van der Waals surface area (Å²) in [5, 5.41) is 3.26. The van der Waals surface area contributed by atoms with Crippen LogP contribution in [0.3, 0.4) is 0 Å². The first-order chi connectivity index (χ1) is 13.1. The smallest absolute Gasteiger partial charge is 0.316 e. The maximum atomic E-state index is 13.5. The summed E-state index contributed by atoms with van der Waals surface area (Å²) in [5.41, 5.74) is 0.0589. The van der Waals surface area contributed by atoms with E-state index in [9.17, 15) is 17.6 Å². The molecule has 28 heavy (non-hydrogen) atoms. The van der Waals surface area contributed by atoms with Gasteiger partial charge in [0.25, 0.3) is 0 Å². The van der Waals surface area contributed by atoms with Gasteiger partial charge in [-0.25, -0.2) is 12.8 Å².